The number of likely N-dealkylation sites (tertiary alicyclic amines) is 1. The summed E-state index contributed by atoms with van der Waals surface area (Å²) in [4.78, 5) is 30.8. The summed E-state index contributed by atoms with van der Waals surface area (Å²) in [5, 5.41) is 5.81. The minimum atomic E-state index is -0.0425. The Hall–Kier alpha value is -2.25. The Labute approximate surface area is 167 Å². The lowest BCUT2D eigenvalue weighted by Gasteiger charge is -2.30. The van der Waals surface area contributed by atoms with E-state index in [-0.39, 0.29) is 17.7 Å². The van der Waals surface area contributed by atoms with Crippen LogP contribution < -0.4 is 10.6 Å². The molecule has 2 heterocycles. The first-order valence-corrected chi connectivity index (χ1v) is 9.85. The van der Waals surface area contributed by atoms with E-state index in [1.807, 2.05) is 36.4 Å². The molecular formula is C20H23BrN4O2. The van der Waals surface area contributed by atoms with Crippen LogP contribution in [0.25, 0.3) is 0 Å². The number of rotatable bonds is 6. The van der Waals surface area contributed by atoms with Crippen LogP contribution in [0.5, 0.6) is 0 Å². The number of halogens is 1. The Bertz CT molecular complexity index is 759. The Kier molecular flexibility index (Phi) is 6.95. The van der Waals surface area contributed by atoms with E-state index < -0.39 is 0 Å². The van der Waals surface area contributed by atoms with Crippen molar-refractivity contribution in [3.05, 3.63) is 58.7 Å². The Morgan fingerprint density at radius 2 is 1.85 bits per heavy atom. The number of carbonyl (C=O) groups excluding carboxylic acids is 2. The SMILES string of the molecule is O=C(CN1CCC(C(=O)Nc2ccc(Br)cn2)CC1)NCc1ccccc1. The highest BCUT2D eigenvalue weighted by molar-refractivity contribution is 9.10. The normalized spacial score (nSPS) is 15.3. The topological polar surface area (TPSA) is 74.3 Å². The maximum atomic E-state index is 12.4. The van der Waals surface area contributed by atoms with Crippen LogP contribution >= 0.6 is 15.9 Å². The molecular weight excluding hydrogens is 408 g/mol. The molecule has 0 spiro atoms. The predicted octanol–water partition coefficient (Wildman–Crippen LogP) is 2.81. The van der Waals surface area contributed by atoms with Crippen molar-refractivity contribution in [1.82, 2.24) is 15.2 Å². The van der Waals surface area contributed by atoms with Gasteiger partial charge in [0.25, 0.3) is 0 Å². The molecule has 0 atom stereocenters. The second kappa shape index (κ2) is 9.62. The summed E-state index contributed by atoms with van der Waals surface area (Å²) in [7, 11) is 0. The molecule has 1 aliphatic rings. The largest absolute Gasteiger partial charge is 0.351 e. The number of amides is 2. The van der Waals surface area contributed by atoms with Crippen molar-refractivity contribution in [2.45, 2.75) is 19.4 Å². The smallest absolute Gasteiger partial charge is 0.234 e. The first-order chi connectivity index (χ1) is 13.1. The number of aromatic nitrogens is 1. The molecule has 1 fully saturated rings. The van der Waals surface area contributed by atoms with Crippen molar-refractivity contribution in [3.63, 3.8) is 0 Å². The molecule has 27 heavy (non-hydrogen) atoms. The van der Waals surface area contributed by atoms with Gasteiger partial charge in [0.2, 0.25) is 11.8 Å². The number of benzene rings is 1. The molecule has 0 saturated carbocycles. The van der Waals surface area contributed by atoms with Gasteiger partial charge in [-0.2, -0.15) is 0 Å². The van der Waals surface area contributed by atoms with Crippen molar-refractivity contribution in [2.75, 3.05) is 25.0 Å². The molecule has 2 amide bonds. The van der Waals surface area contributed by atoms with E-state index in [2.05, 4.69) is 36.4 Å². The molecule has 142 valence electrons. The van der Waals surface area contributed by atoms with Crippen molar-refractivity contribution in [3.8, 4) is 0 Å². The van der Waals surface area contributed by atoms with Crippen LogP contribution in [0.1, 0.15) is 18.4 Å². The van der Waals surface area contributed by atoms with E-state index >= 15 is 0 Å². The van der Waals surface area contributed by atoms with Crippen LogP contribution in [0.15, 0.2) is 53.1 Å². The summed E-state index contributed by atoms with van der Waals surface area (Å²) >= 11 is 3.33. The van der Waals surface area contributed by atoms with E-state index in [1.54, 1.807) is 12.3 Å². The van der Waals surface area contributed by atoms with Crippen molar-refractivity contribution in [2.24, 2.45) is 5.92 Å². The second-order valence-corrected chi connectivity index (χ2v) is 7.58. The third kappa shape index (κ3) is 6.15. The Morgan fingerprint density at radius 3 is 2.52 bits per heavy atom. The number of hydrogen-bond donors (Lipinski definition) is 2. The molecule has 2 N–H and O–H groups in total. The van der Waals surface area contributed by atoms with Crippen molar-refractivity contribution in [1.29, 1.82) is 0 Å². The summed E-state index contributed by atoms with van der Waals surface area (Å²) in [6, 6.07) is 13.5. The van der Waals surface area contributed by atoms with Gasteiger partial charge in [-0.3, -0.25) is 14.5 Å². The average molecular weight is 431 g/mol. The van der Waals surface area contributed by atoms with Crippen LogP contribution in [0.3, 0.4) is 0 Å². The minimum absolute atomic E-state index is 0.00185. The van der Waals surface area contributed by atoms with Crippen molar-refractivity contribution >= 4 is 33.6 Å². The minimum Gasteiger partial charge on any atom is -0.351 e. The molecule has 3 rings (SSSR count). The number of nitrogens with zero attached hydrogens (tertiary/aromatic N) is 2. The fraction of sp³-hybridized carbons (Fsp3) is 0.350. The molecule has 2 aromatic rings. The standard InChI is InChI=1S/C20H23BrN4O2/c21-17-6-7-18(22-13-17)24-20(27)16-8-10-25(11-9-16)14-19(26)23-12-15-4-2-1-3-5-15/h1-7,13,16H,8-12,14H2,(H,23,26)(H,22,24,27). The highest BCUT2D eigenvalue weighted by Crippen LogP contribution is 2.19. The molecule has 1 aromatic heterocycles. The fourth-order valence-corrected chi connectivity index (χ4v) is 3.32. The lowest BCUT2D eigenvalue weighted by atomic mass is 9.96. The van der Waals surface area contributed by atoms with Crippen LogP contribution in [-0.4, -0.2) is 41.3 Å². The summed E-state index contributed by atoms with van der Waals surface area (Å²) in [5.41, 5.74) is 1.09. The monoisotopic (exact) mass is 430 g/mol. The first kappa shape index (κ1) is 19.5. The summed E-state index contributed by atoms with van der Waals surface area (Å²) in [6.07, 6.45) is 3.15. The van der Waals surface area contributed by atoms with Crippen molar-refractivity contribution < 1.29 is 9.59 Å². The van der Waals surface area contributed by atoms with E-state index in [0.717, 1.165) is 36.0 Å². The average Bonchev–Trinajstić information content (AvgIpc) is 2.69. The lowest BCUT2D eigenvalue weighted by Crippen LogP contribution is -2.43. The fourth-order valence-electron chi connectivity index (χ4n) is 3.09. The van der Waals surface area contributed by atoms with Gasteiger partial charge in [-0.1, -0.05) is 30.3 Å². The molecule has 6 nitrogen and oxygen atoms in total. The van der Waals surface area contributed by atoms with Gasteiger partial charge in [-0.25, -0.2) is 4.98 Å². The molecule has 7 heteroatoms. The number of nitrogens with one attached hydrogen (secondary N) is 2. The van der Waals surface area contributed by atoms with Gasteiger partial charge in [0.15, 0.2) is 0 Å². The van der Waals surface area contributed by atoms with Gasteiger partial charge < -0.3 is 10.6 Å². The molecule has 0 aliphatic carbocycles. The third-order valence-corrected chi connectivity index (χ3v) is 5.11. The lowest BCUT2D eigenvalue weighted by molar-refractivity contribution is -0.123. The zero-order valence-corrected chi connectivity index (χ0v) is 16.6. The van der Waals surface area contributed by atoms with Gasteiger partial charge in [-0.05, 0) is 59.6 Å². The van der Waals surface area contributed by atoms with E-state index in [0.29, 0.717) is 18.9 Å². The second-order valence-electron chi connectivity index (χ2n) is 6.66. The molecule has 0 bridgehead atoms. The number of piperidine rings is 1. The highest BCUT2D eigenvalue weighted by atomic mass is 79.9. The maximum absolute atomic E-state index is 12.4. The highest BCUT2D eigenvalue weighted by Gasteiger charge is 2.26. The van der Waals surface area contributed by atoms with Crippen LogP contribution in [0.4, 0.5) is 5.82 Å². The van der Waals surface area contributed by atoms with E-state index in [4.69, 9.17) is 0 Å². The van der Waals surface area contributed by atoms with Crippen LogP contribution in [0.2, 0.25) is 0 Å². The molecule has 1 saturated heterocycles. The van der Waals surface area contributed by atoms with Crippen LogP contribution in [0, 0.1) is 5.92 Å². The number of hydrogen-bond acceptors (Lipinski definition) is 4. The number of pyridine rings is 1. The first-order valence-electron chi connectivity index (χ1n) is 9.05. The summed E-state index contributed by atoms with van der Waals surface area (Å²) in [5.74, 6) is 0.531. The predicted molar refractivity (Wildman–Crippen MR) is 108 cm³/mol. The zero-order valence-electron chi connectivity index (χ0n) is 15.0. The van der Waals surface area contributed by atoms with Gasteiger partial charge in [0.05, 0.1) is 6.54 Å². The van der Waals surface area contributed by atoms with Gasteiger partial charge >= 0.3 is 0 Å². The van der Waals surface area contributed by atoms with Gasteiger partial charge in [0.1, 0.15) is 5.82 Å². The third-order valence-electron chi connectivity index (χ3n) is 4.64. The summed E-state index contributed by atoms with van der Waals surface area (Å²) < 4.78 is 0.874. The van der Waals surface area contributed by atoms with Gasteiger partial charge in [0, 0.05) is 23.1 Å². The zero-order chi connectivity index (χ0) is 19.1. The quantitative estimate of drug-likeness (QED) is 0.738. The Morgan fingerprint density at radius 1 is 1.11 bits per heavy atom. The molecule has 0 unspecified atom stereocenters. The Balaban J connectivity index is 1.38. The van der Waals surface area contributed by atoms with E-state index in [9.17, 15) is 9.59 Å². The molecule has 1 aromatic carbocycles. The maximum Gasteiger partial charge on any atom is 0.234 e. The molecule has 0 radical (unpaired) electrons. The molecule has 1 aliphatic heterocycles. The number of carbonyl (C=O) groups is 2. The van der Waals surface area contributed by atoms with E-state index in [1.165, 1.54) is 0 Å². The summed E-state index contributed by atoms with van der Waals surface area (Å²) in [6.45, 7) is 2.39. The van der Waals surface area contributed by atoms with Crippen LogP contribution in [-0.2, 0) is 16.1 Å². The number of anilines is 1. The van der Waals surface area contributed by atoms with Gasteiger partial charge in [-0.15, -0.1) is 0 Å².